The summed E-state index contributed by atoms with van der Waals surface area (Å²) in [5.74, 6) is 0. The van der Waals surface area contributed by atoms with Crippen molar-refractivity contribution in [2.45, 2.75) is 26.1 Å². The van der Waals surface area contributed by atoms with E-state index in [2.05, 4.69) is 62.4 Å². The first kappa shape index (κ1) is 15.5. The van der Waals surface area contributed by atoms with Crippen molar-refractivity contribution in [3.8, 4) is 0 Å². The van der Waals surface area contributed by atoms with E-state index in [0.717, 1.165) is 0 Å². The van der Waals surface area contributed by atoms with Crippen LogP contribution >= 0.6 is 19.7 Å². The van der Waals surface area contributed by atoms with Gasteiger partial charge in [-0.2, -0.15) is 0 Å². The number of halogens is 1. The Labute approximate surface area is 127 Å². The second-order valence-corrected chi connectivity index (χ2v) is 7.67. The lowest BCUT2D eigenvalue weighted by molar-refractivity contribution is 0.364. The highest BCUT2D eigenvalue weighted by molar-refractivity contribution is 7.68. The van der Waals surface area contributed by atoms with Crippen molar-refractivity contribution in [3.05, 3.63) is 59.7 Å². The van der Waals surface area contributed by atoms with Gasteiger partial charge in [-0.15, -0.1) is 11.6 Å². The van der Waals surface area contributed by atoms with Gasteiger partial charge in [0.05, 0.1) is 20.1 Å². The summed E-state index contributed by atoms with van der Waals surface area (Å²) in [4.78, 5) is 0. The lowest BCUT2D eigenvalue weighted by atomic mass is 10.2. The van der Waals surface area contributed by atoms with Gasteiger partial charge >= 0.3 is 0 Å². The zero-order chi connectivity index (χ0) is 14.5. The highest BCUT2D eigenvalue weighted by Crippen LogP contribution is 2.35. The summed E-state index contributed by atoms with van der Waals surface area (Å²) in [7, 11) is -0.793. The number of rotatable bonds is 5. The minimum atomic E-state index is -0.793. The zero-order valence-corrected chi connectivity index (χ0v) is 13.8. The van der Waals surface area contributed by atoms with Crippen LogP contribution in [0.4, 0.5) is 0 Å². The standard InChI is InChI=1S/C17H20ClOP/c1-13-4-8-16(9-5-13)20(19-12-15(3)18)17-10-6-14(2)7-11-17/h4-11,15H,12H2,1-3H3. The molecular formula is C17H20ClOP. The Morgan fingerprint density at radius 1 is 0.900 bits per heavy atom. The molecule has 0 aliphatic heterocycles. The molecule has 1 atom stereocenters. The van der Waals surface area contributed by atoms with E-state index in [9.17, 15) is 0 Å². The van der Waals surface area contributed by atoms with E-state index in [0.29, 0.717) is 6.61 Å². The first-order valence-corrected chi connectivity index (χ1v) is 8.46. The molecule has 1 nitrogen and oxygen atoms in total. The Balaban J connectivity index is 2.28. The Hall–Kier alpha value is -0.880. The van der Waals surface area contributed by atoms with E-state index in [4.69, 9.17) is 16.1 Å². The van der Waals surface area contributed by atoms with Gasteiger partial charge < -0.3 is 4.52 Å². The molecule has 2 rings (SSSR count). The first-order valence-electron chi connectivity index (χ1n) is 6.77. The van der Waals surface area contributed by atoms with Crippen LogP contribution in [0.5, 0.6) is 0 Å². The SMILES string of the molecule is Cc1ccc(P(OCC(C)Cl)c2ccc(C)cc2)cc1. The molecule has 2 aromatic carbocycles. The average Bonchev–Trinajstić information content (AvgIpc) is 2.42. The predicted octanol–water partition coefficient (Wildman–Crippen LogP) is 4.30. The maximum absolute atomic E-state index is 6.09. The molecule has 0 aliphatic carbocycles. The summed E-state index contributed by atoms with van der Waals surface area (Å²) >= 11 is 6.03. The molecule has 0 spiro atoms. The Kier molecular flexibility index (Phi) is 5.60. The molecular weight excluding hydrogens is 287 g/mol. The molecule has 0 bridgehead atoms. The lowest BCUT2D eigenvalue weighted by Crippen LogP contribution is -2.16. The van der Waals surface area contributed by atoms with E-state index in [-0.39, 0.29) is 5.38 Å². The molecule has 0 aliphatic rings. The molecule has 0 saturated heterocycles. The molecule has 0 fully saturated rings. The van der Waals surface area contributed by atoms with Crippen LogP contribution in [0.2, 0.25) is 0 Å². The van der Waals surface area contributed by atoms with Crippen molar-refractivity contribution in [2.75, 3.05) is 6.61 Å². The topological polar surface area (TPSA) is 9.23 Å². The quantitative estimate of drug-likeness (QED) is 0.591. The predicted molar refractivity (Wildman–Crippen MR) is 89.8 cm³/mol. The number of benzene rings is 2. The molecule has 20 heavy (non-hydrogen) atoms. The van der Waals surface area contributed by atoms with Gasteiger partial charge in [-0.3, -0.25) is 0 Å². The second-order valence-electron chi connectivity index (χ2n) is 5.04. The highest BCUT2D eigenvalue weighted by atomic mass is 35.5. The van der Waals surface area contributed by atoms with Gasteiger partial charge in [0.15, 0.2) is 0 Å². The van der Waals surface area contributed by atoms with Crippen LogP contribution in [0.15, 0.2) is 48.5 Å². The summed E-state index contributed by atoms with van der Waals surface area (Å²) in [6.45, 7) is 6.72. The molecule has 0 aromatic heterocycles. The van der Waals surface area contributed by atoms with Crippen molar-refractivity contribution >= 4 is 30.4 Å². The molecule has 1 unspecified atom stereocenters. The van der Waals surface area contributed by atoms with Crippen LogP contribution in [-0.4, -0.2) is 12.0 Å². The Bertz CT molecular complexity index is 488. The molecule has 0 N–H and O–H groups in total. The molecule has 106 valence electrons. The molecule has 0 radical (unpaired) electrons. The van der Waals surface area contributed by atoms with Crippen molar-refractivity contribution in [1.29, 1.82) is 0 Å². The number of hydrogen-bond acceptors (Lipinski definition) is 1. The summed E-state index contributed by atoms with van der Waals surface area (Å²) < 4.78 is 6.09. The van der Waals surface area contributed by atoms with Gasteiger partial charge in [-0.1, -0.05) is 59.7 Å². The van der Waals surface area contributed by atoms with Crippen LogP contribution in [0, 0.1) is 13.8 Å². The van der Waals surface area contributed by atoms with Gasteiger partial charge in [0.1, 0.15) is 0 Å². The van der Waals surface area contributed by atoms with Crippen LogP contribution < -0.4 is 10.6 Å². The molecule has 0 amide bonds. The van der Waals surface area contributed by atoms with Crippen molar-refractivity contribution in [1.82, 2.24) is 0 Å². The minimum absolute atomic E-state index is 0.0240. The Morgan fingerprint density at radius 2 is 1.30 bits per heavy atom. The summed E-state index contributed by atoms with van der Waals surface area (Å²) in [5, 5.41) is 2.48. The first-order chi connectivity index (χ1) is 9.56. The largest absolute Gasteiger partial charge is 0.348 e. The number of hydrogen-bond donors (Lipinski definition) is 0. The van der Waals surface area contributed by atoms with Crippen LogP contribution in [0.1, 0.15) is 18.1 Å². The summed E-state index contributed by atoms with van der Waals surface area (Å²) in [5.41, 5.74) is 2.52. The fourth-order valence-corrected chi connectivity index (χ4v) is 3.80. The van der Waals surface area contributed by atoms with E-state index < -0.39 is 8.15 Å². The third kappa shape index (κ3) is 4.31. The van der Waals surface area contributed by atoms with E-state index in [1.165, 1.54) is 21.7 Å². The molecule has 2 aromatic rings. The lowest BCUT2D eigenvalue weighted by Gasteiger charge is -2.19. The smallest absolute Gasteiger partial charge is 0.0918 e. The number of alkyl halides is 1. The van der Waals surface area contributed by atoms with Gasteiger partial charge in [0.25, 0.3) is 0 Å². The third-order valence-corrected chi connectivity index (χ3v) is 5.04. The van der Waals surface area contributed by atoms with Gasteiger partial charge in [0.2, 0.25) is 0 Å². The summed E-state index contributed by atoms with van der Waals surface area (Å²) in [6.07, 6.45) is 0. The molecule has 3 heteroatoms. The van der Waals surface area contributed by atoms with E-state index in [1.807, 2.05) is 6.92 Å². The normalized spacial score (nSPS) is 12.7. The average molecular weight is 307 g/mol. The zero-order valence-electron chi connectivity index (χ0n) is 12.1. The van der Waals surface area contributed by atoms with Crippen molar-refractivity contribution in [3.63, 3.8) is 0 Å². The molecule has 0 saturated carbocycles. The van der Waals surface area contributed by atoms with E-state index >= 15 is 0 Å². The molecule has 0 heterocycles. The van der Waals surface area contributed by atoms with Crippen LogP contribution in [-0.2, 0) is 4.52 Å². The summed E-state index contributed by atoms with van der Waals surface area (Å²) in [6, 6.07) is 17.1. The Morgan fingerprint density at radius 3 is 1.65 bits per heavy atom. The number of aryl methyl sites for hydroxylation is 2. The van der Waals surface area contributed by atoms with Gasteiger partial charge in [-0.05, 0) is 20.8 Å². The fourth-order valence-electron chi connectivity index (χ4n) is 1.84. The minimum Gasteiger partial charge on any atom is -0.348 e. The second kappa shape index (κ2) is 7.22. The highest BCUT2D eigenvalue weighted by Gasteiger charge is 2.16. The van der Waals surface area contributed by atoms with Crippen LogP contribution in [0.25, 0.3) is 0 Å². The maximum atomic E-state index is 6.09. The van der Waals surface area contributed by atoms with Gasteiger partial charge in [-0.25, -0.2) is 0 Å². The maximum Gasteiger partial charge on any atom is 0.0918 e. The van der Waals surface area contributed by atoms with Crippen molar-refractivity contribution < 1.29 is 4.52 Å². The van der Waals surface area contributed by atoms with Crippen LogP contribution in [0.3, 0.4) is 0 Å². The van der Waals surface area contributed by atoms with E-state index in [1.54, 1.807) is 0 Å². The van der Waals surface area contributed by atoms with Crippen molar-refractivity contribution in [2.24, 2.45) is 0 Å². The van der Waals surface area contributed by atoms with Gasteiger partial charge in [0, 0.05) is 10.6 Å². The fraction of sp³-hybridized carbons (Fsp3) is 0.294. The monoisotopic (exact) mass is 306 g/mol. The third-order valence-electron chi connectivity index (χ3n) is 2.97.